The van der Waals surface area contributed by atoms with Gasteiger partial charge in [0.05, 0.1) is 5.54 Å². The number of rotatable bonds is 4. The first-order chi connectivity index (χ1) is 7.15. The van der Waals surface area contributed by atoms with Gasteiger partial charge >= 0.3 is 0 Å². The monoisotopic (exact) mass is 221 g/mol. The van der Waals surface area contributed by atoms with Crippen molar-refractivity contribution in [3.8, 4) is 0 Å². The first-order valence-corrected chi connectivity index (χ1v) is 6.21. The molecule has 0 heterocycles. The molecule has 1 aromatic rings. The second kappa shape index (κ2) is 3.99. The van der Waals surface area contributed by atoms with Crippen LogP contribution in [-0.2, 0) is 0 Å². The summed E-state index contributed by atoms with van der Waals surface area (Å²) in [6, 6.07) is 7.75. The third-order valence-corrected chi connectivity index (χ3v) is 3.56. The van der Waals surface area contributed by atoms with Gasteiger partial charge in [0.2, 0.25) is 0 Å². The molecule has 80 valence electrons. The van der Waals surface area contributed by atoms with Crippen LogP contribution in [0.15, 0.2) is 29.2 Å². The van der Waals surface area contributed by atoms with E-state index in [1.807, 2.05) is 24.3 Å². The summed E-state index contributed by atoms with van der Waals surface area (Å²) < 4.78 is 0. The first-order valence-electron chi connectivity index (χ1n) is 5.22. The van der Waals surface area contributed by atoms with Gasteiger partial charge in [-0.05, 0) is 30.7 Å². The van der Waals surface area contributed by atoms with Crippen molar-refractivity contribution in [2.45, 2.75) is 30.2 Å². The van der Waals surface area contributed by atoms with Gasteiger partial charge in [-0.1, -0.05) is 19.1 Å². The predicted octanol–water partition coefficient (Wildman–Crippen LogP) is 2.47. The minimum Gasteiger partial charge on any atom is -0.319 e. The van der Waals surface area contributed by atoms with Gasteiger partial charge in [0.1, 0.15) is 0 Å². The van der Waals surface area contributed by atoms with Gasteiger partial charge in [0.25, 0.3) is 0 Å². The highest BCUT2D eigenvalue weighted by atomic mass is 32.2. The zero-order valence-electron chi connectivity index (χ0n) is 8.82. The molecule has 2 rings (SSSR count). The second-order valence-electron chi connectivity index (χ2n) is 3.94. The highest BCUT2D eigenvalue weighted by Crippen LogP contribution is 2.35. The Balaban J connectivity index is 2.13. The fraction of sp³-hybridized carbons (Fsp3) is 0.417. The summed E-state index contributed by atoms with van der Waals surface area (Å²) in [6.07, 6.45) is 1.66. The molecule has 0 aliphatic heterocycles. The van der Waals surface area contributed by atoms with Crippen LogP contribution >= 0.6 is 11.8 Å². The lowest BCUT2D eigenvalue weighted by Gasteiger charge is -2.07. The molecule has 1 aromatic carbocycles. The number of ketones is 1. The van der Waals surface area contributed by atoms with E-state index in [9.17, 15) is 4.79 Å². The summed E-state index contributed by atoms with van der Waals surface area (Å²) >= 11 is 1.78. The predicted molar refractivity (Wildman–Crippen MR) is 63.3 cm³/mol. The summed E-state index contributed by atoms with van der Waals surface area (Å²) in [5, 5.41) is 0. The minimum atomic E-state index is -0.542. The number of hydrogen-bond donors (Lipinski definition) is 1. The van der Waals surface area contributed by atoms with Crippen LogP contribution in [0.1, 0.15) is 30.1 Å². The van der Waals surface area contributed by atoms with E-state index in [1.165, 1.54) is 4.90 Å². The van der Waals surface area contributed by atoms with Gasteiger partial charge in [-0.3, -0.25) is 4.79 Å². The summed E-state index contributed by atoms with van der Waals surface area (Å²) in [5.41, 5.74) is 6.07. The maximum atomic E-state index is 11.9. The van der Waals surface area contributed by atoms with Crippen molar-refractivity contribution in [1.82, 2.24) is 0 Å². The Morgan fingerprint density at radius 1 is 1.40 bits per heavy atom. The SMILES string of the molecule is CCSc1ccc(C(=O)C2(N)CC2)cc1. The van der Waals surface area contributed by atoms with Crippen molar-refractivity contribution in [2.75, 3.05) is 5.75 Å². The fourth-order valence-electron chi connectivity index (χ4n) is 1.52. The molecule has 0 bridgehead atoms. The molecule has 2 nitrogen and oxygen atoms in total. The topological polar surface area (TPSA) is 43.1 Å². The summed E-state index contributed by atoms with van der Waals surface area (Å²) in [4.78, 5) is 13.1. The van der Waals surface area contributed by atoms with Crippen LogP contribution in [-0.4, -0.2) is 17.1 Å². The van der Waals surface area contributed by atoms with Gasteiger partial charge < -0.3 is 5.73 Å². The Hall–Kier alpha value is -0.800. The molecule has 0 radical (unpaired) electrons. The van der Waals surface area contributed by atoms with Gasteiger partial charge in [0, 0.05) is 10.5 Å². The molecule has 1 aliphatic carbocycles. The molecule has 1 fully saturated rings. The summed E-state index contributed by atoms with van der Waals surface area (Å²) in [6.45, 7) is 2.11. The van der Waals surface area contributed by atoms with Gasteiger partial charge in [0.15, 0.2) is 5.78 Å². The van der Waals surface area contributed by atoms with E-state index >= 15 is 0 Å². The van der Waals surface area contributed by atoms with Crippen LogP contribution in [0, 0.1) is 0 Å². The Kier molecular flexibility index (Phi) is 2.85. The Morgan fingerprint density at radius 3 is 2.47 bits per heavy atom. The van der Waals surface area contributed by atoms with Crippen LogP contribution in [0.2, 0.25) is 0 Å². The van der Waals surface area contributed by atoms with Crippen molar-refractivity contribution >= 4 is 17.5 Å². The van der Waals surface area contributed by atoms with E-state index < -0.39 is 5.54 Å². The lowest BCUT2D eigenvalue weighted by atomic mass is 10.0. The smallest absolute Gasteiger partial charge is 0.182 e. The van der Waals surface area contributed by atoms with E-state index in [4.69, 9.17) is 5.73 Å². The number of hydrogen-bond acceptors (Lipinski definition) is 3. The maximum Gasteiger partial charge on any atom is 0.182 e. The zero-order chi connectivity index (χ0) is 10.9. The molecule has 1 aliphatic rings. The number of carbonyl (C=O) groups excluding carboxylic acids is 1. The van der Waals surface area contributed by atoms with Crippen LogP contribution < -0.4 is 5.73 Å². The molecule has 0 unspecified atom stereocenters. The van der Waals surface area contributed by atoms with Crippen molar-refractivity contribution in [2.24, 2.45) is 5.73 Å². The molecule has 0 atom stereocenters. The molecular weight excluding hydrogens is 206 g/mol. The van der Waals surface area contributed by atoms with E-state index in [2.05, 4.69) is 6.92 Å². The average molecular weight is 221 g/mol. The highest BCUT2D eigenvalue weighted by Gasteiger charge is 2.45. The third kappa shape index (κ3) is 2.24. The van der Waals surface area contributed by atoms with E-state index in [0.717, 1.165) is 24.2 Å². The molecule has 15 heavy (non-hydrogen) atoms. The second-order valence-corrected chi connectivity index (χ2v) is 5.28. The number of benzene rings is 1. The van der Waals surface area contributed by atoms with Crippen LogP contribution in [0.25, 0.3) is 0 Å². The number of carbonyl (C=O) groups is 1. The first kappa shape index (κ1) is 10.7. The lowest BCUT2D eigenvalue weighted by Crippen LogP contribution is -2.32. The van der Waals surface area contributed by atoms with E-state index in [0.29, 0.717) is 0 Å². The normalized spacial score (nSPS) is 17.5. The molecular formula is C12H15NOS. The van der Waals surface area contributed by atoms with Gasteiger partial charge in [-0.15, -0.1) is 11.8 Å². The quantitative estimate of drug-likeness (QED) is 0.627. The molecule has 0 aromatic heterocycles. The molecule has 0 saturated heterocycles. The fourth-order valence-corrected chi connectivity index (χ4v) is 2.18. The summed E-state index contributed by atoms with van der Waals surface area (Å²) in [7, 11) is 0. The van der Waals surface area contributed by atoms with Crippen molar-refractivity contribution in [3.05, 3.63) is 29.8 Å². The van der Waals surface area contributed by atoms with Gasteiger partial charge in [-0.25, -0.2) is 0 Å². The summed E-state index contributed by atoms with van der Waals surface area (Å²) in [5.74, 6) is 1.14. The third-order valence-electron chi connectivity index (χ3n) is 2.67. The number of Topliss-reactive ketones (excluding diaryl/α,β-unsaturated/α-hetero) is 1. The van der Waals surface area contributed by atoms with Crippen molar-refractivity contribution < 1.29 is 4.79 Å². The van der Waals surface area contributed by atoms with Crippen LogP contribution in [0.5, 0.6) is 0 Å². The molecule has 3 heteroatoms. The van der Waals surface area contributed by atoms with Crippen LogP contribution in [0.4, 0.5) is 0 Å². The maximum absolute atomic E-state index is 11.9. The lowest BCUT2D eigenvalue weighted by molar-refractivity contribution is 0.0949. The minimum absolute atomic E-state index is 0.0931. The zero-order valence-corrected chi connectivity index (χ0v) is 9.64. The van der Waals surface area contributed by atoms with Crippen LogP contribution in [0.3, 0.4) is 0 Å². The number of thioether (sulfide) groups is 1. The highest BCUT2D eigenvalue weighted by molar-refractivity contribution is 7.99. The van der Waals surface area contributed by atoms with E-state index in [1.54, 1.807) is 11.8 Å². The molecule has 1 saturated carbocycles. The molecule has 0 amide bonds. The standard InChI is InChI=1S/C12H15NOS/c1-2-15-10-5-3-9(4-6-10)11(14)12(13)7-8-12/h3-6H,2,7-8,13H2,1H3. The Morgan fingerprint density at radius 2 is 2.00 bits per heavy atom. The van der Waals surface area contributed by atoms with Crippen molar-refractivity contribution in [3.63, 3.8) is 0 Å². The average Bonchev–Trinajstić information content (AvgIpc) is 2.99. The van der Waals surface area contributed by atoms with Gasteiger partial charge in [-0.2, -0.15) is 0 Å². The van der Waals surface area contributed by atoms with Crippen molar-refractivity contribution in [1.29, 1.82) is 0 Å². The Bertz CT molecular complexity index is 368. The largest absolute Gasteiger partial charge is 0.319 e. The number of nitrogens with two attached hydrogens (primary N) is 1. The molecule has 0 spiro atoms. The Labute approximate surface area is 94.2 Å². The van der Waals surface area contributed by atoms with E-state index in [-0.39, 0.29) is 5.78 Å². The molecule has 2 N–H and O–H groups in total.